The molecule has 2 fully saturated rings. The Balaban J connectivity index is 0.811. The van der Waals surface area contributed by atoms with E-state index in [1.807, 2.05) is 24.3 Å². The SMILES string of the molecule is C=C1C[C@H]2C(O)N(C(=O)OCc3ccc(NC(=O)C(CCCNC(N)=O)NC(=O)[C@@H](NC(=O)CCCCCN4C(=O)C=CC4=O)C(C)C)cc3)c3cc(OCCCCCOc4cc5c(cc4OC)C(=O)N4CC(=C)C[C@H]4C(O)N5C(=O)OCc4ccc(SSC(C)(C)C)cc4)c(OC)cc3C(=O)N2C1. The molecule has 0 saturated carbocycles. The van der Waals surface area contributed by atoms with Crippen LogP contribution < -0.4 is 55.7 Å². The van der Waals surface area contributed by atoms with E-state index in [1.54, 1.807) is 59.7 Å². The first-order valence-corrected chi connectivity index (χ1v) is 36.7. The number of hydrogen-bond donors (Lipinski definition) is 7. The summed E-state index contributed by atoms with van der Waals surface area (Å²) in [5.41, 5.74) is 8.36. The molecule has 104 heavy (non-hydrogen) atoms. The average molecular weight is 1470 g/mol. The minimum Gasteiger partial charge on any atom is -0.493 e. The number of nitrogens with zero attached hydrogens (tertiary/aromatic N) is 5. The number of methoxy groups -OCH3 is 2. The van der Waals surface area contributed by atoms with Crippen LogP contribution in [0.4, 0.5) is 31.4 Å². The Morgan fingerprint density at radius 3 is 1.62 bits per heavy atom. The summed E-state index contributed by atoms with van der Waals surface area (Å²) in [6, 6.07) is 15.2. The first-order chi connectivity index (χ1) is 49.6. The summed E-state index contributed by atoms with van der Waals surface area (Å²) in [6.07, 6.45) is 1.30. The number of anilines is 3. The molecule has 0 aromatic heterocycles. The zero-order valence-electron chi connectivity index (χ0n) is 59.5. The molecule has 0 aliphatic carbocycles. The van der Waals surface area contributed by atoms with E-state index in [-0.39, 0.29) is 147 Å². The molecule has 28 nitrogen and oxygen atoms in total. The van der Waals surface area contributed by atoms with Crippen LogP contribution in [0.25, 0.3) is 0 Å². The quantitative estimate of drug-likeness (QED) is 0.0104. The van der Waals surface area contributed by atoms with Crippen molar-refractivity contribution in [3.05, 3.63) is 132 Å². The minimum absolute atomic E-state index is 0.00121. The zero-order valence-corrected chi connectivity index (χ0v) is 61.2. The van der Waals surface area contributed by atoms with Crippen molar-refractivity contribution < 1.29 is 86.6 Å². The van der Waals surface area contributed by atoms with Crippen LogP contribution in [0.1, 0.15) is 137 Å². The molecule has 2 saturated heterocycles. The number of benzene rings is 4. The number of rotatable bonds is 32. The molecule has 558 valence electrons. The van der Waals surface area contributed by atoms with Crippen LogP contribution in [0.3, 0.4) is 0 Å². The highest BCUT2D eigenvalue weighted by Gasteiger charge is 2.48. The first-order valence-electron chi connectivity index (χ1n) is 34.6. The fraction of sp³-hybridized carbons (Fsp3) is 0.459. The van der Waals surface area contributed by atoms with Gasteiger partial charge in [0.05, 0.1) is 62.0 Å². The minimum atomic E-state index is -1.60. The topological polar surface area (TPSA) is 357 Å². The highest BCUT2D eigenvalue weighted by Crippen LogP contribution is 2.45. The van der Waals surface area contributed by atoms with Gasteiger partial charge >= 0.3 is 18.2 Å². The van der Waals surface area contributed by atoms with Crippen LogP contribution in [0, 0.1) is 5.92 Å². The van der Waals surface area contributed by atoms with Crippen LogP contribution >= 0.6 is 21.6 Å². The molecule has 5 heterocycles. The molecule has 4 aromatic rings. The Labute approximate surface area is 612 Å². The summed E-state index contributed by atoms with van der Waals surface area (Å²) in [5, 5.41) is 34.8. The van der Waals surface area contributed by atoms with Crippen molar-refractivity contribution in [2.75, 3.05) is 68.7 Å². The maximum atomic E-state index is 14.5. The molecule has 3 unspecified atom stereocenters. The van der Waals surface area contributed by atoms with Gasteiger partial charge in [-0.15, -0.1) is 0 Å². The fourth-order valence-corrected chi connectivity index (χ4v) is 14.5. The maximum Gasteiger partial charge on any atom is 0.416 e. The van der Waals surface area contributed by atoms with E-state index in [0.29, 0.717) is 55.3 Å². The van der Waals surface area contributed by atoms with Crippen molar-refractivity contribution in [1.29, 1.82) is 0 Å². The molecule has 0 radical (unpaired) electrons. The second kappa shape index (κ2) is 35.6. The van der Waals surface area contributed by atoms with Crippen LogP contribution in [-0.4, -0.2) is 179 Å². The fourth-order valence-electron chi connectivity index (χ4n) is 12.5. The zero-order chi connectivity index (χ0) is 75.1. The largest absolute Gasteiger partial charge is 0.493 e. The number of carbonyl (C=O) groups excluding carboxylic acids is 10. The number of ether oxygens (including phenoxy) is 6. The number of unbranched alkanes of at least 4 members (excludes halogenated alkanes) is 4. The standard InChI is InChI=1S/C74H92N10O18S2/c1-43(2)64(79-61(85)18-12-10-13-30-80-62(86)27-28-63(80)87)66(89)78-52(17-16-29-76-71(75)94)65(88)77-48-23-19-46(20-24-48)41-101-72(95)83-53-37-59(57(97-8)35-50(53)67(90)81-39-44(3)33-55(81)69(83)92)99-31-14-11-15-32-100-60-38-54-51(36-58(60)98-9)68(91)82-40-45(4)34-56(82)70(93)84(54)73(96)102-42-47-21-25-49(26-22-47)103-104-74(5,6)7/h19-28,35-38,43,52,55-56,64,69-70,92-93H,3-4,10-18,29-34,39-42H2,1-2,5-9H3,(H,77,88)(H,78,89)(H,79,85)(H3,75,76,94)/t52?,55-,56-,64-,69?,70?/m0/s1. The van der Waals surface area contributed by atoms with Crippen molar-refractivity contribution >= 4 is 98.2 Å². The Bertz CT molecular complexity index is 3900. The van der Waals surface area contributed by atoms with Gasteiger partial charge < -0.3 is 75.4 Å². The van der Waals surface area contributed by atoms with Crippen LogP contribution in [-0.2, 0) is 46.7 Å². The van der Waals surface area contributed by atoms with E-state index in [1.165, 1.54) is 60.4 Å². The maximum absolute atomic E-state index is 14.5. The number of nitrogens with two attached hydrogens (primary N) is 1. The number of nitrogens with one attached hydrogen (secondary N) is 4. The lowest BCUT2D eigenvalue weighted by molar-refractivity contribution is -0.137. The monoisotopic (exact) mass is 1470 g/mol. The number of carbonyl (C=O) groups is 10. The van der Waals surface area contributed by atoms with Gasteiger partial charge in [-0.25, -0.2) is 24.2 Å². The lowest BCUT2D eigenvalue weighted by Gasteiger charge is -2.31. The molecule has 4 aromatic carbocycles. The third-order valence-corrected chi connectivity index (χ3v) is 21.3. The number of urea groups is 1. The Morgan fingerprint density at radius 2 is 1.14 bits per heavy atom. The van der Waals surface area contributed by atoms with Crippen LogP contribution in [0.2, 0.25) is 0 Å². The number of primary amides is 1. The molecule has 5 aliphatic heterocycles. The first kappa shape index (κ1) is 78.4. The molecule has 30 heteroatoms. The molecular weight excluding hydrogens is 1380 g/mol. The highest BCUT2D eigenvalue weighted by molar-refractivity contribution is 8.77. The second-order valence-electron chi connectivity index (χ2n) is 27.2. The number of hydrogen-bond acceptors (Lipinski definition) is 20. The lowest BCUT2D eigenvalue weighted by atomic mass is 10.0. The van der Waals surface area contributed by atoms with E-state index >= 15 is 0 Å². The number of fused-ring (bicyclic) bond motifs is 4. The normalized spacial score (nSPS) is 18.2. The second-order valence-corrected chi connectivity index (χ2v) is 30.3. The molecule has 0 bridgehead atoms. The van der Waals surface area contributed by atoms with Gasteiger partial charge in [-0.3, -0.25) is 38.5 Å². The van der Waals surface area contributed by atoms with E-state index in [4.69, 9.17) is 34.2 Å². The molecule has 9 rings (SSSR count). The summed E-state index contributed by atoms with van der Waals surface area (Å²) < 4.78 is 35.8. The number of aliphatic hydroxyl groups is 2. The average Bonchev–Trinajstić information content (AvgIpc) is 1.59. The summed E-state index contributed by atoms with van der Waals surface area (Å²) in [7, 11) is 6.22. The summed E-state index contributed by atoms with van der Waals surface area (Å²) in [6.45, 7) is 18.5. The van der Waals surface area contributed by atoms with Crippen molar-refractivity contribution in [3.63, 3.8) is 0 Å². The number of amides is 11. The van der Waals surface area contributed by atoms with Crippen molar-refractivity contribution in [2.24, 2.45) is 11.7 Å². The molecule has 0 spiro atoms. The molecule has 11 amide bonds. The molecule has 6 atom stereocenters. The summed E-state index contributed by atoms with van der Waals surface area (Å²) in [4.78, 5) is 140. The molecule has 8 N–H and O–H groups in total. The van der Waals surface area contributed by atoms with Gasteiger partial charge in [0.1, 0.15) is 25.3 Å². The van der Waals surface area contributed by atoms with Gasteiger partial charge in [0, 0.05) is 72.2 Å². The van der Waals surface area contributed by atoms with Crippen molar-refractivity contribution in [1.82, 2.24) is 30.7 Å². The van der Waals surface area contributed by atoms with Crippen molar-refractivity contribution in [3.8, 4) is 23.0 Å². The van der Waals surface area contributed by atoms with Gasteiger partial charge in [0.15, 0.2) is 35.5 Å². The predicted molar refractivity (Wildman–Crippen MR) is 390 cm³/mol. The Kier molecular flexibility index (Phi) is 26.8. The smallest absolute Gasteiger partial charge is 0.416 e. The van der Waals surface area contributed by atoms with Gasteiger partial charge in [-0.05, 0) is 111 Å². The summed E-state index contributed by atoms with van der Waals surface area (Å²) in [5.74, 6) is -2.92. The van der Waals surface area contributed by atoms with Gasteiger partial charge in [0.2, 0.25) is 17.7 Å². The third kappa shape index (κ3) is 19.9. The number of aliphatic hydroxyl groups excluding tert-OH is 2. The predicted octanol–water partition coefficient (Wildman–Crippen LogP) is 8.86. The van der Waals surface area contributed by atoms with E-state index in [0.717, 1.165) is 30.7 Å². The Morgan fingerprint density at radius 1 is 0.644 bits per heavy atom. The third-order valence-electron chi connectivity index (χ3n) is 17.9. The van der Waals surface area contributed by atoms with Gasteiger partial charge in [-0.2, -0.15) is 0 Å². The van der Waals surface area contributed by atoms with E-state index in [9.17, 15) is 58.2 Å². The van der Waals surface area contributed by atoms with E-state index < -0.39 is 90.3 Å². The van der Waals surface area contributed by atoms with E-state index in [2.05, 4.69) is 55.2 Å². The van der Waals surface area contributed by atoms with Crippen molar-refractivity contribution in [2.45, 2.75) is 165 Å². The van der Waals surface area contributed by atoms with Crippen LogP contribution in [0.5, 0.6) is 23.0 Å². The van der Waals surface area contributed by atoms with Gasteiger partial charge in [0.25, 0.3) is 23.6 Å². The number of imide groups is 1. The highest BCUT2D eigenvalue weighted by atomic mass is 33.1. The lowest BCUT2D eigenvalue weighted by Crippen LogP contribution is -2.54. The molecule has 5 aliphatic rings. The van der Waals surface area contributed by atoms with Crippen LogP contribution in [0.15, 0.2) is 114 Å². The molecular formula is C74H92N10O18S2. The Hall–Kier alpha value is -9.78. The summed E-state index contributed by atoms with van der Waals surface area (Å²) >= 11 is 0. The van der Waals surface area contributed by atoms with Gasteiger partial charge in [-0.1, -0.05) is 111 Å².